The number of rotatable bonds is 4. The van der Waals surface area contributed by atoms with Gasteiger partial charge in [-0.25, -0.2) is 0 Å². The summed E-state index contributed by atoms with van der Waals surface area (Å²) in [6, 6.07) is 0. The van der Waals surface area contributed by atoms with Crippen molar-refractivity contribution in [2.75, 3.05) is 18.1 Å². The fraction of sp³-hybridized carbons (Fsp3) is 0.846. The summed E-state index contributed by atoms with van der Waals surface area (Å²) in [7, 11) is -0.571. The van der Waals surface area contributed by atoms with E-state index >= 15 is 0 Å². The van der Waals surface area contributed by atoms with Gasteiger partial charge in [0.05, 0.1) is 12.9 Å². The summed E-state index contributed by atoms with van der Waals surface area (Å²) < 4.78 is 17.0. The first-order chi connectivity index (χ1) is 7.68. The van der Waals surface area contributed by atoms with Crippen molar-refractivity contribution in [2.24, 2.45) is 5.41 Å². The van der Waals surface area contributed by atoms with Crippen LogP contribution in [0.1, 0.15) is 45.4 Å². The summed E-state index contributed by atoms with van der Waals surface area (Å²) in [5.74, 6) is 1.75. The first-order valence-corrected chi connectivity index (χ1v) is 7.81. The molecule has 2 rings (SSSR count). The Morgan fingerprint density at radius 3 is 2.81 bits per heavy atom. The Morgan fingerprint density at radius 1 is 1.44 bits per heavy atom. The highest BCUT2D eigenvalue weighted by molar-refractivity contribution is 7.85. The Hall–Kier alpha value is -0.310. The summed E-state index contributed by atoms with van der Waals surface area (Å²) >= 11 is 0. The molecule has 0 aromatic rings. The fourth-order valence-electron chi connectivity index (χ4n) is 2.52. The van der Waals surface area contributed by atoms with E-state index in [0.717, 1.165) is 31.0 Å². The van der Waals surface area contributed by atoms with Gasteiger partial charge in [-0.15, -0.1) is 0 Å². The van der Waals surface area contributed by atoms with Gasteiger partial charge in [0.2, 0.25) is 0 Å². The second-order valence-corrected chi connectivity index (χ2v) is 7.03. The van der Waals surface area contributed by atoms with Crippen LogP contribution in [0, 0.1) is 5.41 Å². The van der Waals surface area contributed by atoms with Crippen molar-refractivity contribution in [3.63, 3.8) is 0 Å². The van der Waals surface area contributed by atoms with Crippen LogP contribution < -0.4 is 0 Å². The van der Waals surface area contributed by atoms with Gasteiger partial charge in [-0.1, -0.05) is 6.92 Å². The van der Waals surface area contributed by atoms with Crippen molar-refractivity contribution >= 4 is 10.8 Å². The smallest absolute Gasteiger partial charge is 0.0878 e. The minimum absolute atomic E-state index is 0.263. The maximum Gasteiger partial charge on any atom is 0.0878 e. The lowest BCUT2D eigenvalue weighted by Gasteiger charge is -2.21. The zero-order valence-electron chi connectivity index (χ0n) is 10.2. The molecule has 1 aliphatic carbocycles. The Kier molecular flexibility index (Phi) is 4.06. The topological polar surface area (TPSA) is 26.3 Å². The third-order valence-corrected chi connectivity index (χ3v) is 5.44. The standard InChI is InChI=1S/C13H22O2S/c1-13(7-9-16(14)11-13)6-8-15-10-12-4-2-3-5-12/h10H,2-9,11H2,1H3. The van der Waals surface area contributed by atoms with Gasteiger partial charge in [0, 0.05) is 22.3 Å². The van der Waals surface area contributed by atoms with E-state index in [1.165, 1.54) is 31.3 Å². The molecule has 1 saturated heterocycles. The van der Waals surface area contributed by atoms with Gasteiger partial charge in [-0.2, -0.15) is 0 Å². The molecule has 2 fully saturated rings. The molecule has 2 unspecified atom stereocenters. The monoisotopic (exact) mass is 242 g/mol. The highest BCUT2D eigenvalue weighted by Crippen LogP contribution is 2.33. The maximum atomic E-state index is 11.4. The second-order valence-electron chi connectivity index (χ2n) is 5.45. The van der Waals surface area contributed by atoms with Crippen LogP contribution in [0.3, 0.4) is 0 Å². The van der Waals surface area contributed by atoms with Crippen molar-refractivity contribution < 1.29 is 8.95 Å². The maximum absolute atomic E-state index is 11.4. The van der Waals surface area contributed by atoms with E-state index < -0.39 is 10.8 Å². The Morgan fingerprint density at radius 2 is 2.19 bits per heavy atom. The molecule has 3 heteroatoms. The lowest BCUT2D eigenvalue weighted by molar-refractivity contribution is 0.188. The number of hydrogen-bond acceptors (Lipinski definition) is 2. The van der Waals surface area contributed by atoms with Crippen LogP contribution in [0.5, 0.6) is 0 Å². The third kappa shape index (κ3) is 3.34. The molecular weight excluding hydrogens is 220 g/mol. The average Bonchev–Trinajstić information content (AvgIpc) is 2.84. The van der Waals surface area contributed by atoms with Gasteiger partial charge >= 0.3 is 0 Å². The summed E-state index contributed by atoms with van der Waals surface area (Å²) in [6.45, 7) is 3.03. The normalized spacial score (nSPS) is 34.3. The molecule has 0 N–H and O–H groups in total. The molecule has 0 bridgehead atoms. The molecule has 0 spiro atoms. The molecule has 0 amide bonds. The van der Waals surface area contributed by atoms with Crippen LogP contribution in [0.15, 0.2) is 11.8 Å². The zero-order valence-corrected chi connectivity index (χ0v) is 11.0. The van der Waals surface area contributed by atoms with Crippen LogP contribution >= 0.6 is 0 Å². The van der Waals surface area contributed by atoms with Gasteiger partial charge in [-0.3, -0.25) is 4.21 Å². The molecule has 0 aromatic heterocycles. The van der Waals surface area contributed by atoms with Gasteiger partial charge in [-0.05, 0) is 49.5 Å². The second kappa shape index (κ2) is 5.35. The predicted octanol–water partition coefficient (Wildman–Crippen LogP) is 3.01. The summed E-state index contributed by atoms with van der Waals surface area (Å²) in [5.41, 5.74) is 1.74. The molecule has 1 aliphatic heterocycles. The average molecular weight is 242 g/mol. The molecular formula is C13H22O2S. The Balaban J connectivity index is 1.67. The fourth-order valence-corrected chi connectivity index (χ4v) is 4.45. The Bertz CT molecular complexity index is 290. The molecule has 1 saturated carbocycles. The SMILES string of the molecule is CC1(CCOC=C2CCCC2)CCS(=O)C1. The third-order valence-electron chi connectivity index (χ3n) is 3.76. The molecule has 1 heterocycles. The van der Waals surface area contributed by atoms with E-state index in [0.29, 0.717) is 0 Å². The minimum Gasteiger partial charge on any atom is -0.501 e. The first-order valence-electron chi connectivity index (χ1n) is 6.32. The van der Waals surface area contributed by atoms with Crippen molar-refractivity contribution in [1.82, 2.24) is 0 Å². The van der Waals surface area contributed by atoms with Gasteiger partial charge in [0.15, 0.2) is 0 Å². The van der Waals surface area contributed by atoms with E-state index in [-0.39, 0.29) is 5.41 Å². The molecule has 2 nitrogen and oxygen atoms in total. The van der Waals surface area contributed by atoms with Crippen LogP contribution in [0.2, 0.25) is 0 Å². The van der Waals surface area contributed by atoms with E-state index in [2.05, 4.69) is 6.92 Å². The minimum atomic E-state index is -0.571. The molecule has 2 atom stereocenters. The van der Waals surface area contributed by atoms with Gasteiger partial charge in [0.25, 0.3) is 0 Å². The van der Waals surface area contributed by atoms with E-state index in [1.54, 1.807) is 0 Å². The first kappa shape index (κ1) is 12.2. The quantitative estimate of drug-likeness (QED) is 0.559. The number of allylic oxidation sites excluding steroid dienone is 1. The van der Waals surface area contributed by atoms with Gasteiger partial charge < -0.3 is 4.74 Å². The van der Waals surface area contributed by atoms with E-state index in [4.69, 9.17) is 4.74 Å². The lowest BCUT2D eigenvalue weighted by Crippen LogP contribution is -2.18. The summed E-state index contributed by atoms with van der Waals surface area (Å²) in [6.07, 6.45) is 9.21. The van der Waals surface area contributed by atoms with Crippen LogP contribution in [-0.4, -0.2) is 22.3 Å². The molecule has 92 valence electrons. The van der Waals surface area contributed by atoms with E-state index in [1.807, 2.05) is 6.26 Å². The molecule has 16 heavy (non-hydrogen) atoms. The molecule has 0 radical (unpaired) electrons. The summed E-state index contributed by atoms with van der Waals surface area (Å²) in [5, 5.41) is 0. The highest BCUT2D eigenvalue weighted by atomic mass is 32.2. The zero-order chi connectivity index (χ0) is 11.4. The van der Waals surface area contributed by atoms with E-state index in [9.17, 15) is 4.21 Å². The van der Waals surface area contributed by atoms with Crippen LogP contribution in [0.4, 0.5) is 0 Å². The van der Waals surface area contributed by atoms with Crippen molar-refractivity contribution in [3.8, 4) is 0 Å². The predicted molar refractivity (Wildman–Crippen MR) is 67.7 cm³/mol. The van der Waals surface area contributed by atoms with Crippen molar-refractivity contribution in [3.05, 3.63) is 11.8 Å². The lowest BCUT2D eigenvalue weighted by atomic mass is 9.87. The molecule has 0 aromatic carbocycles. The summed E-state index contributed by atoms with van der Waals surface area (Å²) in [4.78, 5) is 0. The van der Waals surface area contributed by atoms with Crippen molar-refractivity contribution in [2.45, 2.75) is 45.4 Å². The Labute approximate surface area is 101 Å². The molecule has 2 aliphatic rings. The van der Waals surface area contributed by atoms with Crippen molar-refractivity contribution in [1.29, 1.82) is 0 Å². The van der Waals surface area contributed by atoms with Crippen LogP contribution in [0.25, 0.3) is 0 Å². The van der Waals surface area contributed by atoms with Gasteiger partial charge in [0.1, 0.15) is 0 Å². The largest absolute Gasteiger partial charge is 0.501 e. The number of ether oxygens (including phenoxy) is 1. The highest BCUT2D eigenvalue weighted by Gasteiger charge is 2.32. The number of hydrogen-bond donors (Lipinski definition) is 0. The van der Waals surface area contributed by atoms with Crippen LogP contribution in [-0.2, 0) is 15.5 Å².